The van der Waals surface area contributed by atoms with Crippen LogP contribution in [0.2, 0.25) is 0 Å². The molecule has 0 saturated heterocycles. The van der Waals surface area contributed by atoms with E-state index >= 15 is 0 Å². The van der Waals surface area contributed by atoms with Crippen molar-refractivity contribution in [2.24, 2.45) is 0 Å². The molecule has 266 valence electrons. The molecule has 0 aliphatic carbocycles. The minimum absolute atomic E-state index is 0.304. The highest BCUT2D eigenvalue weighted by Gasteiger charge is 2.19. The molecule has 0 bridgehead atoms. The molecule has 0 aliphatic rings. The molecule has 0 spiro atoms. The summed E-state index contributed by atoms with van der Waals surface area (Å²) in [5.41, 5.74) is -0.510. The molecule has 0 aromatic rings. The molecule has 0 fully saturated rings. The highest BCUT2D eigenvalue weighted by atomic mass is 16.6. The van der Waals surface area contributed by atoms with Gasteiger partial charge in [0.15, 0.2) is 0 Å². The molecule has 0 heterocycles. The predicted octanol–water partition coefficient (Wildman–Crippen LogP) is 1.67. The molecule has 0 rings (SSSR count). The zero-order valence-electron chi connectivity index (χ0n) is 28.1. The van der Waals surface area contributed by atoms with E-state index in [1.165, 1.54) is 4.90 Å². The van der Waals surface area contributed by atoms with Crippen LogP contribution in [0.3, 0.4) is 0 Å². The second kappa shape index (κ2) is 33.7. The number of hydrogen-bond donors (Lipinski definition) is 0. The fraction of sp³-hybridized carbons (Fsp3) is 0.903. The van der Waals surface area contributed by atoms with Crippen molar-refractivity contribution < 1.29 is 61.6 Å². The highest BCUT2D eigenvalue weighted by Crippen LogP contribution is 2.08. The lowest BCUT2D eigenvalue weighted by atomic mass is 10.2. The Hall–Kier alpha value is -1.61. The van der Waals surface area contributed by atoms with Gasteiger partial charge in [-0.25, -0.2) is 4.79 Å². The lowest BCUT2D eigenvalue weighted by Gasteiger charge is -2.24. The third kappa shape index (κ3) is 36.7. The van der Waals surface area contributed by atoms with Crippen LogP contribution < -0.4 is 0 Å². The summed E-state index contributed by atoms with van der Waals surface area (Å²) in [4.78, 5) is 13.3. The number of amides is 1. The number of carbonyl (C=O) groups excluding carboxylic acids is 1. The molecule has 0 unspecified atom stereocenters. The molecule has 14 heteroatoms. The Kier molecular flexibility index (Phi) is 32.5. The van der Waals surface area contributed by atoms with Crippen LogP contribution in [0.5, 0.6) is 0 Å². The van der Waals surface area contributed by atoms with E-state index < -0.39 is 5.60 Å². The van der Waals surface area contributed by atoms with E-state index in [2.05, 4.69) is 5.92 Å². The van der Waals surface area contributed by atoms with Gasteiger partial charge in [-0.2, -0.15) is 0 Å². The SMILES string of the molecule is C#CCOCCOCCOCCOCCOCCOCCOCCOCCOCCOCCOCCN(C)C(=O)OC(C)(C)C. The van der Waals surface area contributed by atoms with Crippen molar-refractivity contribution in [2.75, 3.05) is 159 Å². The maximum Gasteiger partial charge on any atom is 0.410 e. The predicted molar refractivity (Wildman–Crippen MR) is 167 cm³/mol. The second-order valence-corrected chi connectivity index (χ2v) is 10.3. The van der Waals surface area contributed by atoms with Gasteiger partial charge in [0, 0.05) is 13.6 Å². The van der Waals surface area contributed by atoms with Gasteiger partial charge in [-0.05, 0) is 20.8 Å². The summed E-state index contributed by atoms with van der Waals surface area (Å²) in [5.74, 6) is 2.39. The number of carbonyl (C=O) groups is 1. The molecule has 0 aromatic heterocycles. The van der Waals surface area contributed by atoms with Crippen LogP contribution in [0.1, 0.15) is 20.8 Å². The van der Waals surface area contributed by atoms with E-state index in [9.17, 15) is 4.79 Å². The van der Waals surface area contributed by atoms with Crippen LogP contribution in [-0.2, 0) is 56.8 Å². The summed E-state index contributed by atoms with van der Waals surface area (Å²) in [6.07, 6.45) is 4.71. The van der Waals surface area contributed by atoms with Gasteiger partial charge in [-0.3, -0.25) is 0 Å². The normalized spacial score (nSPS) is 11.5. The van der Waals surface area contributed by atoms with Gasteiger partial charge in [-0.15, -0.1) is 6.42 Å². The number of nitrogens with zero attached hydrogens (tertiary/aromatic N) is 1. The Bertz CT molecular complexity index is 673. The van der Waals surface area contributed by atoms with Gasteiger partial charge in [0.1, 0.15) is 12.2 Å². The minimum atomic E-state index is -0.510. The fourth-order valence-electron chi connectivity index (χ4n) is 2.96. The van der Waals surface area contributed by atoms with E-state index in [-0.39, 0.29) is 6.09 Å². The number of ether oxygens (including phenoxy) is 12. The van der Waals surface area contributed by atoms with Crippen molar-refractivity contribution in [3.8, 4) is 12.3 Å². The number of terminal acetylenes is 1. The van der Waals surface area contributed by atoms with Crippen molar-refractivity contribution >= 4 is 6.09 Å². The molecule has 1 amide bonds. The first-order valence-corrected chi connectivity index (χ1v) is 15.6. The number of hydrogen-bond acceptors (Lipinski definition) is 13. The van der Waals surface area contributed by atoms with Gasteiger partial charge in [0.25, 0.3) is 0 Å². The van der Waals surface area contributed by atoms with Crippen molar-refractivity contribution in [3.05, 3.63) is 0 Å². The topological polar surface area (TPSA) is 131 Å². The standard InChI is InChI=1S/C31H59NO13/c1-6-8-34-10-12-36-14-16-38-18-20-40-22-24-42-26-28-44-29-27-43-25-23-41-21-19-39-17-15-37-13-11-35-9-7-32(5)30(33)45-31(2,3)4/h1H,7-29H2,2-5H3. The van der Waals surface area contributed by atoms with Crippen LogP contribution in [0.4, 0.5) is 4.79 Å². The molecule has 45 heavy (non-hydrogen) atoms. The largest absolute Gasteiger partial charge is 0.444 e. The monoisotopic (exact) mass is 653 g/mol. The van der Waals surface area contributed by atoms with Gasteiger partial charge in [0.2, 0.25) is 0 Å². The Morgan fingerprint density at radius 2 is 0.733 bits per heavy atom. The van der Waals surface area contributed by atoms with Gasteiger partial charge < -0.3 is 61.7 Å². The Labute approximate surface area is 270 Å². The van der Waals surface area contributed by atoms with Crippen LogP contribution in [0, 0.1) is 12.3 Å². The van der Waals surface area contributed by atoms with Crippen molar-refractivity contribution in [2.45, 2.75) is 26.4 Å². The number of rotatable bonds is 34. The maximum absolute atomic E-state index is 11.8. The van der Waals surface area contributed by atoms with Crippen LogP contribution in [0.15, 0.2) is 0 Å². The zero-order valence-corrected chi connectivity index (χ0v) is 28.1. The zero-order chi connectivity index (χ0) is 33.1. The summed E-state index contributed by atoms with van der Waals surface area (Å²) in [6, 6.07) is 0. The first-order valence-electron chi connectivity index (χ1n) is 15.6. The Morgan fingerprint density at radius 1 is 0.489 bits per heavy atom. The lowest BCUT2D eigenvalue weighted by Crippen LogP contribution is -2.36. The van der Waals surface area contributed by atoms with E-state index in [1.54, 1.807) is 7.05 Å². The summed E-state index contributed by atoms with van der Waals surface area (Å²) in [6.45, 7) is 16.5. The van der Waals surface area contributed by atoms with Crippen molar-refractivity contribution in [3.63, 3.8) is 0 Å². The van der Waals surface area contributed by atoms with Crippen LogP contribution in [-0.4, -0.2) is 176 Å². The quantitative estimate of drug-likeness (QED) is 0.0738. The Balaban J connectivity index is 3.14. The summed E-state index contributed by atoms with van der Waals surface area (Å²) in [5, 5.41) is 0. The average molecular weight is 654 g/mol. The molecular formula is C31H59NO13. The molecular weight excluding hydrogens is 594 g/mol. The molecule has 0 N–H and O–H groups in total. The van der Waals surface area contributed by atoms with E-state index in [4.69, 9.17) is 63.3 Å². The first kappa shape index (κ1) is 43.4. The van der Waals surface area contributed by atoms with Crippen LogP contribution >= 0.6 is 0 Å². The lowest BCUT2D eigenvalue weighted by molar-refractivity contribution is -0.0274. The fourth-order valence-corrected chi connectivity index (χ4v) is 2.96. The average Bonchev–Trinajstić information content (AvgIpc) is 3.00. The highest BCUT2D eigenvalue weighted by molar-refractivity contribution is 5.67. The third-order valence-electron chi connectivity index (χ3n) is 5.18. The maximum atomic E-state index is 11.8. The molecule has 0 aromatic carbocycles. The summed E-state index contributed by atoms with van der Waals surface area (Å²) in [7, 11) is 1.68. The van der Waals surface area contributed by atoms with Crippen LogP contribution in [0.25, 0.3) is 0 Å². The molecule has 14 nitrogen and oxygen atoms in total. The molecule has 0 aliphatic heterocycles. The number of likely N-dealkylation sites (N-methyl/N-ethyl adjacent to an activating group) is 1. The second-order valence-electron chi connectivity index (χ2n) is 10.3. The molecule has 0 atom stereocenters. The first-order chi connectivity index (χ1) is 21.9. The van der Waals surface area contributed by atoms with E-state index in [1.807, 2.05) is 20.8 Å². The summed E-state index contributed by atoms with van der Waals surface area (Å²) < 4.78 is 64.8. The molecule has 0 saturated carbocycles. The molecule has 0 radical (unpaired) electrons. The van der Waals surface area contributed by atoms with E-state index in [0.717, 1.165) is 0 Å². The minimum Gasteiger partial charge on any atom is -0.444 e. The van der Waals surface area contributed by atoms with Gasteiger partial charge in [-0.1, -0.05) is 5.92 Å². The van der Waals surface area contributed by atoms with E-state index in [0.29, 0.717) is 152 Å². The smallest absolute Gasteiger partial charge is 0.410 e. The van der Waals surface area contributed by atoms with Crippen molar-refractivity contribution in [1.29, 1.82) is 0 Å². The Morgan fingerprint density at radius 3 is 0.978 bits per heavy atom. The van der Waals surface area contributed by atoms with Gasteiger partial charge >= 0.3 is 6.09 Å². The third-order valence-corrected chi connectivity index (χ3v) is 5.18. The van der Waals surface area contributed by atoms with Gasteiger partial charge in [0.05, 0.1) is 139 Å². The van der Waals surface area contributed by atoms with Crippen molar-refractivity contribution in [1.82, 2.24) is 4.90 Å². The summed E-state index contributed by atoms with van der Waals surface area (Å²) >= 11 is 0.